The lowest BCUT2D eigenvalue weighted by Crippen LogP contribution is -2.23. The van der Waals surface area contributed by atoms with Gasteiger partial charge in [0, 0.05) is 29.2 Å². The average molecular weight is 415 g/mol. The summed E-state index contributed by atoms with van der Waals surface area (Å²) < 4.78 is 13.9. The van der Waals surface area contributed by atoms with Crippen molar-refractivity contribution >= 4 is 5.70 Å². The van der Waals surface area contributed by atoms with Gasteiger partial charge in [-0.3, -0.25) is 4.98 Å². The third-order valence-corrected chi connectivity index (χ3v) is 6.07. The second kappa shape index (κ2) is 9.05. The molecule has 0 amide bonds. The van der Waals surface area contributed by atoms with Crippen molar-refractivity contribution in [2.24, 2.45) is 5.92 Å². The van der Waals surface area contributed by atoms with Gasteiger partial charge in [-0.15, -0.1) is 0 Å². The predicted octanol–water partition coefficient (Wildman–Crippen LogP) is 6.89. The minimum Gasteiger partial charge on any atom is -0.360 e. The Labute approximate surface area is 185 Å². The number of fused-ring (bicyclic) bond motifs is 1. The highest BCUT2D eigenvalue weighted by Crippen LogP contribution is 2.40. The maximum Gasteiger partial charge on any atom is 0.123 e. The van der Waals surface area contributed by atoms with Crippen molar-refractivity contribution in [3.63, 3.8) is 0 Å². The van der Waals surface area contributed by atoms with E-state index < -0.39 is 0 Å². The van der Waals surface area contributed by atoms with Gasteiger partial charge in [0.05, 0.1) is 6.04 Å². The zero-order valence-electron chi connectivity index (χ0n) is 18.7. The number of pyridine rings is 1. The zero-order chi connectivity index (χ0) is 22.0. The fraction of sp³-hybridized carbons (Fsp3) is 0.321. The Morgan fingerprint density at radius 2 is 1.84 bits per heavy atom. The number of nitrogens with zero attached hydrogens (tertiary/aromatic N) is 2. The van der Waals surface area contributed by atoms with Gasteiger partial charge in [-0.25, -0.2) is 4.39 Å². The second-order valence-corrected chi connectivity index (χ2v) is 9.04. The van der Waals surface area contributed by atoms with Crippen LogP contribution in [0.1, 0.15) is 60.0 Å². The molecule has 1 unspecified atom stereocenters. The summed E-state index contributed by atoms with van der Waals surface area (Å²) in [6, 6.07) is 20.4. The molecular formula is C28H31FN2. The van der Waals surface area contributed by atoms with Crippen LogP contribution in [0, 0.1) is 18.7 Å². The molecule has 1 aliphatic heterocycles. The summed E-state index contributed by atoms with van der Waals surface area (Å²) in [7, 11) is 0. The van der Waals surface area contributed by atoms with Crippen molar-refractivity contribution in [2.75, 3.05) is 0 Å². The standard InChI is InChI=1S/C28H31FN2/c1-19(2)16-22-8-10-23(11-9-22)28(15-14-26-7-5-6-20(3)30-26)31-18-24-12-13-25(29)17-27(24)21(31)4/h5-13,17,19,28H,4,14-16,18H2,1-3H3. The van der Waals surface area contributed by atoms with E-state index in [1.54, 1.807) is 12.1 Å². The maximum atomic E-state index is 13.9. The molecule has 4 rings (SSSR count). The molecule has 0 saturated carbocycles. The summed E-state index contributed by atoms with van der Waals surface area (Å²) in [6.45, 7) is 11.6. The van der Waals surface area contributed by atoms with Crippen LogP contribution in [-0.4, -0.2) is 9.88 Å². The highest BCUT2D eigenvalue weighted by atomic mass is 19.1. The molecule has 3 aromatic rings. The highest BCUT2D eigenvalue weighted by Gasteiger charge is 2.29. The van der Waals surface area contributed by atoms with Crippen LogP contribution in [0.4, 0.5) is 4.39 Å². The van der Waals surface area contributed by atoms with Crippen molar-refractivity contribution in [1.29, 1.82) is 0 Å². The molecule has 31 heavy (non-hydrogen) atoms. The van der Waals surface area contributed by atoms with Crippen molar-refractivity contribution in [1.82, 2.24) is 9.88 Å². The Hall–Kier alpha value is -2.94. The molecule has 2 heterocycles. The van der Waals surface area contributed by atoms with Crippen LogP contribution in [0.3, 0.4) is 0 Å². The van der Waals surface area contributed by atoms with Crippen molar-refractivity contribution in [3.8, 4) is 0 Å². The van der Waals surface area contributed by atoms with Gasteiger partial charge in [0.2, 0.25) is 0 Å². The Morgan fingerprint density at radius 3 is 2.55 bits per heavy atom. The maximum absolute atomic E-state index is 13.9. The Balaban J connectivity index is 1.62. The van der Waals surface area contributed by atoms with Crippen molar-refractivity contribution in [3.05, 3.63) is 107 Å². The minimum absolute atomic E-state index is 0.165. The van der Waals surface area contributed by atoms with E-state index in [9.17, 15) is 4.39 Å². The zero-order valence-corrected chi connectivity index (χ0v) is 18.7. The molecule has 0 radical (unpaired) electrons. The third-order valence-electron chi connectivity index (χ3n) is 6.07. The molecule has 2 aromatic carbocycles. The van der Waals surface area contributed by atoms with Crippen LogP contribution in [0.15, 0.2) is 67.2 Å². The van der Waals surface area contributed by atoms with Gasteiger partial charge in [0.15, 0.2) is 0 Å². The Kier molecular flexibility index (Phi) is 6.22. The topological polar surface area (TPSA) is 16.1 Å². The first-order valence-corrected chi connectivity index (χ1v) is 11.2. The summed E-state index contributed by atoms with van der Waals surface area (Å²) in [4.78, 5) is 7.02. The number of aryl methyl sites for hydroxylation is 2. The summed E-state index contributed by atoms with van der Waals surface area (Å²) in [5, 5.41) is 0. The van der Waals surface area contributed by atoms with E-state index >= 15 is 0 Å². The van der Waals surface area contributed by atoms with Crippen LogP contribution in [0.2, 0.25) is 0 Å². The average Bonchev–Trinajstić information content (AvgIpc) is 3.05. The van der Waals surface area contributed by atoms with Gasteiger partial charge < -0.3 is 4.90 Å². The quantitative estimate of drug-likeness (QED) is 0.418. The fourth-order valence-corrected chi connectivity index (χ4v) is 4.56. The normalized spacial score (nSPS) is 14.2. The van der Waals surface area contributed by atoms with Gasteiger partial charge in [0.25, 0.3) is 0 Å². The number of aromatic nitrogens is 1. The first-order chi connectivity index (χ1) is 14.9. The summed E-state index contributed by atoms with van der Waals surface area (Å²) in [5.41, 5.74) is 7.76. The van der Waals surface area contributed by atoms with Gasteiger partial charge in [-0.2, -0.15) is 0 Å². The lowest BCUT2D eigenvalue weighted by atomic mass is 9.95. The van der Waals surface area contributed by atoms with Crippen LogP contribution < -0.4 is 0 Å². The molecule has 0 bridgehead atoms. The van der Waals surface area contributed by atoms with E-state index in [1.807, 2.05) is 19.1 Å². The summed E-state index contributed by atoms with van der Waals surface area (Å²) in [5.74, 6) is 0.428. The number of benzene rings is 2. The molecule has 2 nitrogen and oxygen atoms in total. The van der Waals surface area contributed by atoms with E-state index in [1.165, 1.54) is 11.1 Å². The fourth-order valence-electron chi connectivity index (χ4n) is 4.56. The molecule has 1 aromatic heterocycles. The molecule has 1 atom stereocenters. The molecular weight excluding hydrogens is 383 g/mol. The molecule has 1 aliphatic rings. The first-order valence-electron chi connectivity index (χ1n) is 11.2. The molecule has 0 fully saturated rings. The highest BCUT2D eigenvalue weighted by molar-refractivity contribution is 5.69. The van der Waals surface area contributed by atoms with E-state index in [0.717, 1.165) is 54.0 Å². The number of hydrogen-bond donors (Lipinski definition) is 0. The molecule has 0 spiro atoms. The van der Waals surface area contributed by atoms with Crippen LogP contribution >= 0.6 is 0 Å². The minimum atomic E-state index is -0.208. The third kappa shape index (κ3) is 4.87. The van der Waals surface area contributed by atoms with Gasteiger partial charge in [0.1, 0.15) is 5.82 Å². The predicted molar refractivity (Wildman–Crippen MR) is 126 cm³/mol. The Morgan fingerprint density at radius 1 is 1.06 bits per heavy atom. The van der Waals surface area contributed by atoms with Gasteiger partial charge in [-0.05, 0) is 73.1 Å². The van der Waals surface area contributed by atoms with E-state index in [-0.39, 0.29) is 11.9 Å². The summed E-state index contributed by atoms with van der Waals surface area (Å²) in [6.07, 6.45) is 2.89. The van der Waals surface area contributed by atoms with Crippen LogP contribution in [0.25, 0.3) is 5.70 Å². The van der Waals surface area contributed by atoms with Crippen LogP contribution in [0.5, 0.6) is 0 Å². The first kappa shape index (κ1) is 21.3. The molecule has 0 N–H and O–H groups in total. The molecule has 0 aliphatic carbocycles. The van der Waals surface area contributed by atoms with Crippen molar-refractivity contribution in [2.45, 2.75) is 52.6 Å². The van der Waals surface area contributed by atoms with Gasteiger partial charge in [-0.1, -0.05) is 56.8 Å². The molecule has 160 valence electrons. The lowest BCUT2D eigenvalue weighted by molar-refractivity contribution is 0.288. The number of halogens is 1. The Bertz CT molecular complexity index is 1070. The van der Waals surface area contributed by atoms with E-state index in [2.05, 4.69) is 61.7 Å². The lowest BCUT2D eigenvalue weighted by Gasteiger charge is -2.31. The van der Waals surface area contributed by atoms with Crippen molar-refractivity contribution < 1.29 is 4.39 Å². The molecule has 3 heteroatoms. The molecule has 0 saturated heterocycles. The van der Waals surface area contributed by atoms with E-state index in [4.69, 9.17) is 4.98 Å². The van der Waals surface area contributed by atoms with Crippen LogP contribution in [-0.2, 0) is 19.4 Å². The van der Waals surface area contributed by atoms with Gasteiger partial charge >= 0.3 is 0 Å². The largest absolute Gasteiger partial charge is 0.360 e. The smallest absolute Gasteiger partial charge is 0.123 e. The SMILES string of the molecule is C=C1c2cc(F)ccc2CN1C(CCc1cccc(C)n1)c1ccc(CC(C)C)cc1. The van der Waals surface area contributed by atoms with E-state index in [0.29, 0.717) is 5.92 Å². The number of hydrogen-bond acceptors (Lipinski definition) is 2. The second-order valence-electron chi connectivity index (χ2n) is 9.04. The summed E-state index contributed by atoms with van der Waals surface area (Å²) >= 11 is 0. The number of rotatable bonds is 7. The monoisotopic (exact) mass is 414 g/mol.